The summed E-state index contributed by atoms with van der Waals surface area (Å²) in [5, 5.41) is 14.2. The number of nitro benzene ring substituents is 1. The molecule has 0 saturated carbocycles. The molecule has 8 heteroatoms. The van der Waals surface area contributed by atoms with Crippen molar-refractivity contribution in [3.8, 4) is 0 Å². The van der Waals surface area contributed by atoms with Crippen molar-refractivity contribution in [2.45, 2.75) is 19.9 Å². The highest BCUT2D eigenvalue weighted by atomic mass is 35.5. The van der Waals surface area contributed by atoms with Gasteiger partial charge in [0.2, 0.25) is 0 Å². The van der Waals surface area contributed by atoms with Gasteiger partial charge in [-0.15, -0.1) is 0 Å². The van der Waals surface area contributed by atoms with E-state index in [0.717, 1.165) is 5.56 Å². The zero-order chi connectivity index (χ0) is 19.3. The van der Waals surface area contributed by atoms with Gasteiger partial charge in [-0.1, -0.05) is 29.8 Å². The van der Waals surface area contributed by atoms with Crippen LogP contribution in [-0.4, -0.2) is 23.4 Å². The Hall–Kier alpha value is -2.93. The molecule has 1 amide bonds. The summed E-state index contributed by atoms with van der Waals surface area (Å²) in [4.78, 5) is 34.4. The number of benzene rings is 2. The first-order valence-electron chi connectivity index (χ1n) is 7.75. The van der Waals surface area contributed by atoms with Crippen LogP contribution in [-0.2, 0) is 9.53 Å². The molecule has 0 fully saturated rings. The first-order chi connectivity index (χ1) is 12.3. The SMILES string of the molecule is Cc1c(C(=O)OCC(=O)NC(C)c2cccc(Cl)c2)cccc1[N+](=O)[O-]. The maximum absolute atomic E-state index is 12.1. The van der Waals surface area contributed by atoms with Crippen molar-refractivity contribution in [2.75, 3.05) is 6.61 Å². The molecule has 26 heavy (non-hydrogen) atoms. The number of esters is 1. The van der Waals surface area contributed by atoms with E-state index in [9.17, 15) is 19.7 Å². The van der Waals surface area contributed by atoms with Crippen LogP contribution in [0.1, 0.15) is 34.5 Å². The summed E-state index contributed by atoms with van der Waals surface area (Å²) >= 11 is 5.92. The van der Waals surface area contributed by atoms with E-state index in [1.54, 1.807) is 25.1 Å². The Morgan fingerprint density at radius 3 is 2.62 bits per heavy atom. The molecule has 0 aliphatic heterocycles. The van der Waals surface area contributed by atoms with E-state index in [-0.39, 0.29) is 22.9 Å². The van der Waals surface area contributed by atoms with Crippen LogP contribution in [0.15, 0.2) is 42.5 Å². The second-order valence-electron chi connectivity index (χ2n) is 5.63. The number of ether oxygens (including phenoxy) is 1. The molecule has 1 atom stereocenters. The summed E-state index contributed by atoms with van der Waals surface area (Å²) in [5.74, 6) is -1.29. The molecule has 0 aromatic heterocycles. The van der Waals surface area contributed by atoms with Gasteiger partial charge in [-0.2, -0.15) is 0 Å². The zero-order valence-electron chi connectivity index (χ0n) is 14.2. The third kappa shape index (κ3) is 4.80. The fourth-order valence-electron chi connectivity index (χ4n) is 2.39. The molecule has 0 spiro atoms. The van der Waals surface area contributed by atoms with Crippen LogP contribution in [0.4, 0.5) is 5.69 Å². The fraction of sp³-hybridized carbons (Fsp3) is 0.222. The molecule has 2 aromatic rings. The lowest BCUT2D eigenvalue weighted by atomic mass is 10.1. The zero-order valence-corrected chi connectivity index (χ0v) is 14.9. The number of amides is 1. The molecule has 0 aliphatic carbocycles. The van der Waals surface area contributed by atoms with Crippen LogP contribution in [0.3, 0.4) is 0 Å². The van der Waals surface area contributed by atoms with Crippen molar-refractivity contribution in [3.63, 3.8) is 0 Å². The second-order valence-corrected chi connectivity index (χ2v) is 6.06. The molecule has 136 valence electrons. The first-order valence-corrected chi connectivity index (χ1v) is 8.13. The summed E-state index contributed by atoms with van der Waals surface area (Å²) < 4.78 is 4.97. The van der Waals surface area contributed by atoms with Gasteiger partial charge < -0.3 is 10.1 Å². The topological polar surface area (TPSA) is 98.5 Å². The Morgan fingerprint density at radius 1 is 1.27 bits per heavy atom. The lowest BCUT2D eigenvalue weighted by Crippen LogP contribution is -2.31. The number of carbonyl (C=O) groups is 2. The molecule has 0 radical (unpaired) electrons. The molecule has 1 N–H and O–H groups in total. The summed E-state index contributed by atoms with van der Waals surface area (Å²) in [6, 6.07) is 10.8. The maximum Gasteiger partial charge on any atom is 0.339 e. The maximum atomic E-state index is 12.1. The van der Waals surface area contributed by atoms with Gasteiger partial charge in [-0.05, 0) is 37.6 Å². The number of hydrogen-bond acceptors (Lipinski definition) is 5. The highest BCUT2D eigenvalue weighted by Gasteiger charge is 2.20. The number of hydrogen-bond donors (Lipinski definition) is 1. The van der Waals surface area contributed by atoms with Gasteiger partial charge >= 0.3 is 5.97 Å². The first kappa shape index (κ1) is 19.4. The minimum absolute atomic E-state index is 0.0508. The van der Waals surface area contributed by atoms with E-state index in [1.165, 1.54) is 25.1 Å². The normalized spacial score (nSPS) is 11.5. The van der Waals surface area contributed by atoms with Crippen LogP contribution < -0.4 is 5.32 Å². The van der Waals surface area contributed by atoms with Crippen LogP contribution in [0.2, 0.25) is 5.02 Å². The van der Waals surface area contributed by atoms with Gasteiger partial charge in [-0.25, -0.2) is 4.79 Å². The molecule has 0 bridgehead atoms. The number of nitrogens with zero attached hydrogens (tertiary/aromatic N) is 1. The van der Waals surface area contributed by atoms with Gasteiger partial charge in [0.05, 0.1) is 16.5 Å². The van der Waals surface area contributed by atoms with E-state index < -0.39 is 23.4 Å². The molecule has 7 nitrogen and oxygen atoms in total. The highest BCUT2D eigenvalue weighted by Crippen LogP contribution is 2.21. The molecule has 1 unspecified atom stereocenters. The highest BCUT2D eigenvalue weighted by molar-refractivity contribution is 6.30. The predicted octanol–water partition coefficient (Wildman–Crippen LogP) is 3.59. The quantitative estimate of drug-likeness (QED) is 0.472. The number of nitrogens with one attached hydrogen (secondary N) is 1. The summed E-state index contributed by atoms with van der Waals surface area (Å²) in [7, 11) is 0. The number of carbonyl (C=O) groups excluding carboxylic acids is 2. The van der Waals surface area contributed by atoms with Crippen molar-refractivity contribution >= 4 is 29.2 Å². The summed E-state index contributed by atoms with van der Waals surface area (Å²) in [6.07, 6.45) is 0. The van der Waals surface area contributed by atoms with E-state index in [1.807, 2.05) is 6.07 Å². The summed E-state index contributed by atoms with van der Waals surface area (Å²) in [6.45, 7) is 2.73. The number of rotatable bonds is 6. The minimum Gasteiger partial charge on any atom is -0.452 e. The lowest BCUT2D eigenvalue weighted by molar-refractivity contribution is -0.385. The summed E-state index contributed by atoms with van der Waals surface area (Å²) in [5.41, 5.74) is 0.871. The third-order valence-electron chi connectivity index (χ3n) is 3.78. The molecule has 0 saturated heterocycles. The Balaban J connectivity index is 1.96. The van der Waals surface area contributed by atoms with E-state index in [2.05, 4.69) is 5.32 Å². The Kier molecular flexibility index (Phi) is 6.30. The fourth-order valence-corrected chi connectivity index (χ4v) is 2.59. The van der Waals surface area contributed by atoms with Crippen LogP contribution >= 0.6 is 11.6 Å². The van der Waals surface area contributed by atoms with Crippen molar-refractivity contribution in [2.24, 2.45) is 0 Å². The average Bonchev–Trinajstić information content (AvgIpc) is 2.59. The molecule has 0 aliphatic rings. The number of nitro groups is 1. The van der Waals surface area contributed by atoms with E-state index >= 15 is 0 Å². The molecule has 2 rings (SSSR count). The average molecular weight is 377 g/mol. The molecule has 0 heterocycles. The van der Waals surface area contributed by atoms with E-state index in [4.69, 9.17) is 16.3 Å². The van der Waals surface area contributed by atoms with Crippen molar-refractivity contribution < 1.29 is 19.2 Å². The largest absolute Gasteiger partial charge is 0.452 e. The minimum atomic E-state index is -0.795. The van der Waals surface area contributed by atoms with Gasteiger partial charge in [0.15, 0.2) is 6.61 Å². The molecular formula is C18H17ClN2O5. The lowest BCUT2D eigenvalue weighted by Gasteiger charge is -2.15. The van der Waals surface area contributed by atoms with Gasteiger partial charge in [-0.3, -0.25) is 14.9 Å². The van der Waals surface area contributed by atoms with Crippen molar-refractivity contribution in [3.05, 3.63) is 74.3 Å². The second kappa shape index (κ2) is 8.44. The predicted molar refractivity (Wildman–Crippen MR) is 96.1 cm³/mol. The van der Waals surface area contributed by atoms with Crippen LogP contribution in [0, 0.1) is 17.0 Å². The molecular weight excluding hydrogens is 360 g/mol. The standard InChI is InChI=1S/C18H17ClN2O5/c1-11-15(7-4-8-16(11)21(24)25)18(23)26-10-17(22)20-12(2)13-5-3-6-14(19)9-13/h3-9,12H,10H2,1-2H3,(H,20,22). The Labute approximate surface area is 155 Å². The van der Waals surface area contributed by atoms with E-state index in [0.29, 0.717) is 5.02 Å². The van der Waals surface area contributed by atoms with Crippen molar-refractivity contribution in [1.29, 1.82) is 0 Å². The third-order valence-corrected chi connectivity index (χ3v) is 4.02. The van der Waals surface area contributed by atoms with Gasteiger partial charge in [0.25, 0.3) is 11.6 Å². The van der Waals surface area contributed by atoms with Crippen LogP contribution in [0.25, 0.3) is 0 Å². The Bertz CT molecular complexity index is 853. The smallest absolute Gasteiger partial charge is 0.339 e. The van der Waals surface area contributed by atoms with Crippen molar-refractivity contribution in [1.82, 2.24) is 5.32 Å². The number of halogens is 1. The monoisotopic (exact) mass is 376 g/mol. The van der Waals surface area contributed by atoms with Crippen LogP contribution in [0.5, 0.6) is 0 Å². The molecule has 2 aromatic carbocycles. The van der Waals surface area contributed by atoms with Gasteiger partial charge in [0, 0.05) is 16.7 Å². The van der Waals surface area contributed by atoms with Gasteiger partial charge in [0.1, 0.15) is 0 Å². The Morgan fingerprint density at radius 2 is 1.96 bits per heavy atom.